The van der Waals surface area contributed by atoms with Crippen molar-refractivity contribution in [1.29, 1.82) is 0 Å². The fourth-order valence-corrected chi connectivity index (χ4v) is 1.68. The summed E-state index contributed by atoms with van der Waals surface area (Å²) in [5.41, 5.74) is 1.54. The van der Waals surface area contributed by atoms with Crippen molar-refractivity contribution in [3.63, 3.8) is 0 Å². The third-order valence-corrected chi connectivity index (χ3v) is 2.67. The standard InChI is InChI=1S/C14H16N2O.C3H8/c1-2-3-8-15-14(17)12-9-11-6-4-5-7-13(11)16-10-12;1-3-2/h4-7,9-10H,2-3,8H2,1H3,(H,15,17);3H2,1-2H3. The molecule has 1 aromatic carbocycles. The van der Waals surface area contributed by atoms with Gasteiger partial charge in [0.1, 0.15) is 0 Å². The van der Waals surface area contributed by atoms with E-state index in [4.69, 9.17) is 0 Å². The maximum atomic E-state index is 11.8. The van der Waals surface area contributed by atoms with E-state index in [9.17, 15) is 4.79 Å². The first-order valence-corrected chi connectivity index (χ1v) is 7.35. The first kappa shape index (κ1) is 16.2. The Labute approximate surface area is 121 Å². The van der Waals surface area contributed by atoms with Gasteiger partial charge in [-0.3, -0.25) is 9.78 Å². The molecule has 2 rings (SSSR count). The molecule has 0 aliphatic heterocycles. The van der Waals surface area contributed by atoms with E-state index in [0.29, 0.717) is 5.56 Å². The number of aromatic nitrogens is 1. The van der Waals surface area contributed by atoms with Crippen molar-refractivity contribution >= 4 is 16.8 Å². The zero-order chi connectivity index (χ0) is 14.8. The predicted molar refractivity (Wildman–Crippen MR) is 84.9 cm³/mol. The third-order valence-electron chi connectivity index (χ3n) is 2.67. The van der Waals surface area contributed by atoms with Gasteiger partial charge in [-0.2, -0.15) is 0 Å². The molecule has 0 saturated heterocycles. The molecular formula is C17H24N2O. The summed E-state index contributed by atoms with van der Waals surface area (Å²) in [6.07, 6.45) is 4.96. The molecule has 0 aliphatic rings. The average Bonchev–Trinajstić information content (AvgIpc) is 2.47. The van der Waals surface area contributed by atoms with E-state index in [1.807, 2.05) is 30.3 Å². The summed E-state index contributed by atoms with van der Waals surface area (Å²) < 4.78 is 0. The SMILES string of the molecule is CCC.CCCCNC(=O)c1cnc2ccccc2c1. The van der Waals surface area contributed by atoms with E-state index in [0.717, 1.165) is 30.3 Å². The van der Waals surface area contributed by atoms with Crippen molar-refractivity contribution in [2.45, 2.75) is 40.0 Å². The highest BCUT2D eigenvalue weighted by atomic mass is 16.1. The minimum absolute atomic E-state index is 0.0447. The van der Waals surface area contributed by atoms with E-state index in [2.05, 4.69) is 31.1 Å². The molecule has 3 heteroatoms. The number of nitrogens with one attached hydrogen (secondary N) is 1. The molecule has 0 fully saturated rings. The molecule has 1 heterocycles. The molecule has 0 bridgehead atoms. The van der Waals surface area contributed by atoms with Gasteiger partial charge in [-0.15, -0.1) is 0 Å². The number of para-hydroxylation sites is 1. The Morgan fingerprint density at radius 1 is 1.20 bits per heavy atom. The van der Waals surface area contributed by atoms with E-state index in [1.165, 1.54) is 6.42 Å². The summed E-state index contributed by atoms with van der Waals surface area (Å²) >= 11 is 0. The lowest BCUT2D eigenvalue weighted by molar-refractivity contribution is 0.0953. The van der Waals surface area contributed by atoms with Crippen molar-refractivity contribution in [2.75, 3.05) is 6.54 Å². The third kappa shape index (κ3) is 5.00. The topological polar surface area (TPSA) is 42.0 Å². The van der Waals surface area contributed by atoms with Crippen LogP contribution in [0.25, 0.3) is 10.9 Å². The van der Waals surface area contributed by atoms with E-state index >= 15 is 0 Å². The summed E-state index contributed by atoms with van der Waals surface area (Å²) in [6.45, 7) is 7.08. The molecular weight excluding hydrogens is 248 g/mol. The first-order valence-electron chi connectivity index (χ1n) is 7.35. The number of benzene rings is 1. The molecule has 20 heavy (non-hydrogen) atoms. The number of hydrogen-bond acceptors (Lipinski definition) is 2. The zero-order valence-corrected chi connectivity index (χ0v) is 12.6. The lowest BCUT2D eigenvalue weighted by Gasteiger charge is -2.04. The van der Waals surface area contributed by atoms with Gasteiger partial charge in [-0.05, 0) is 18.6 Å². The number of amides is 1. The fourth-order valence-electron chi connectivity index (χ4n) is 1.68. The van der Waals surface area contributed by atoms with Crippen molar-refractivity contribution in [1.82, 2.24) is 10.3 Å². The highest BCUT2D eigenvalue weighted by Crippen LogP contribution is 2.12. The molecule has 0 spiro atoms. The second-order valence-electron chi connectivity index (χ2n) is 4.73. The van der Waals surface area contributed by atoms with Gasteiger partial charge >= 0.3 is 0 Å². The average molecular weight is 272 g/mol. The van der Waals surface area contributed by atoms with Gasteiger partial charge in [0.2, 0.25) is 0 Å². The molecule has 1 amide bonds. The van der Waals surface area contributed by atoms with Crippen LogP contribution in [0.4, 0.5) is 0 Å². The molecule has 3 nitrogen and oxygen atoms in total. The molecule has 108 valence electrons. The van der Waals surface area contributed by atoms with Crippen LogP contribution >= 0.6 is 0 Å². The van der Waals surface area contributed by atoms with Crippen molar-refractivity contribution in [3.8, 4) is 0 Å². The number of pyridine rings is 1. The summed E-state index contributed by atoms with van der Waals surface area (Å²) in [7, 11) is 0. The molecule has 1 N–H and O–H groups in total. The largest absolute Gasteiger partial charge is 0.352 e. The second kappa shape index (κ2) is 9.08. The van der Waals surface area contributed by atoms with Crippen molar-refractivity contribution in [3.05, 3.63) is 42.1 Å². The van der Waals surface area contributed by atoms with E-state index < -0.39 is 0 Å². The van der Waals surface area contributed by atoms with Gasteiger partial charge in [0.25, 0.3) is 5.91 Å². The summed E-state index contributed by atoms with van der Waals surface area (Å²) in [6, 6.07) is 9.67. The smallest absolute Gasteiger partial charge is 0.252 e. The van der Waals surface area contributed by atoms with E-state index in [1.54, 1.807) is 6.20 Å². The number of carbonyl (C=O) groups excluding carboxylic acids is 1. The summed E-state index contributed by atoms with van der Waals surface area (Å²) in [5, 5.41) is 3.88. The van der Waals surface area contributed by atoms with Crippen LogP contribution < -0.4 is 5.32 Å². The van der Waals surface area contributed by atoms with Gasteiger partial charge in [-0.1, -0.05) is 51.8 Å². The number of fused-ring (bicyclic) bond motifs is 1. The van der Waals surface area contributed by atoms with Crippen LogP contribution in [0.3, 0.4) is 0 Å². The minimum atomic E-state index is -0.0447. The quantitative estimate of drug-likeness (QED) is 0.848. The van der Waals surface area contributed by atoms with Crippen molar-refractivity contribution in [2.24, 2.45) is 0 Å². The molecule has 0 radical (unpaired) electrons. The van der Waals surface area contributed by atoms with Crippen LogP contribution in [-0.4, -0.2) is 17.4 Å². The van der Waals surface area contributed by atoms with Gasteiger partial charge in [0.15, 0.2) is 0 Å². The molecule has 2 aromatic rings. The lowest BCUT2D eigenvalue weighted by atomic mass is 10.1. The number of hydrogen-bond donors (Lipinski definition) is 1. The Balaban J connectivity index is 0.000000612. The number of rotatable bonds is 4. The van der Waals surface area contributed by atoms with E-state index in [-0.39, 0.29) is 5.91 Å². The normalized spacial score (nSPS) is 9.75. The highest BCUT2D eigenvalue weighted by Gasteiger charge is 2.05. The Morgan fingerprint density at radius 3 is 2.60 bits per heavy atom. The molecule has 0 unspecified atom stereocenters. The van der Waals surface area contributed by atoms with Gasteiger partial charge in [-0.25, -0.2) is 0 Å². The maximum Gasteiger partial charge on any atom is 0.252 e. The number of unbranched alkanes of at least 4 members (excludes halogenated alkanes) is 1. The summed E-state index contributed by atoms with van der Waals surface area (Å²) in [4.78, 5) is 16.1. The van der Waals surface area contributed by atoms with Crippen LogP contribution in [0.5, 0.6) is 0 Å². The number of nitrogens with zero attached hydrogens (tertiary/aromatic N) is 1. The van der Waals surface area contributed by atoms with Crippen LogP contribution in [-0.2, 0) is 0 Å². The lowest BCUT2D eigenvalue weighted by Crippen LogP contribution is -2.24. The van der Waals surface area contributed by atoms with Gasteiger partial charge in [0.05, 0.1) is 11.1 Å². The maximum absolute atomic E-state index is 11.8. The molecule has 0 saturated carbocycles. The van der Waals surface area contributed by atoms with Crippen molar-refractivity contribution < 1.29 is 4.79 Å². The van der Waals surface area contributed by atoms with Crippen LogP contribution in [0.2, 0.25) is 0 Å². The van der Waals surface area contributed by atoms with Crippen LogP contribution in [0.15, 0.2) is 36.5 Å². The first-order chi connectivity index (χ1) is 9.72. The molecule has 0 atom stereocenters. The Hall–Kier alpha value is -1.90. The highest BCUT2D eigenvalue weighted by molar-refractivity contribution is 5.97. The Bertz CT molecular complexity index is 537. The zero-order valence-electron chi connectivity index (χ0n) is 12.6. The number of carbonyl (C=O) groups is 1. The Morgan fingerprint density at radius 2 is 1.90 bits per heavy atom. The molecule has 0 aliphatic carbocycles. The molecule has 1 aromatic heterocycles. The van der Waals surface area contributed by atoms with Gasteiger partial charge in [0, 0.05) is 18.1 Å². The minimum Gasteiger partial charge on any atom is -0.352 e. The second-order valence-corrected chi connectivity index (χ2v) is 4.73. The predicted octanol–water partition coefficient (Wildman–Crippen LogP) is 4.18. The Kier molecular flexibility index (Phi) is 7.33. The summed E-state index contributed by atoms with van der Waals surface area (Å²) in [5.74, 6) is -0.0447. The van der Waals surface area contributed by atoms with Gasteiger partial charge < -0.3 is 5.32 Å². The fraction of sp³-hybridized carbons (Fsp3) is 0.412. The van der Waals surface area contributed by atoms with Crippen LogP contribution in [0, 0.1) is 0 Å². The van der Waals surface area contributed by atoms with Crippen LogP contribution in [0.1, 0.15) is 50.4 Å². The monoisotopic (exact) mass is 272 g/mol.